The van der Waals surface area contributed by atoms with Gasteiger partial charge in [-0.05, 0) is 99.0 Å². The third-order valence-electron chi connectivity index (χ3n) is 13.0. The van der Waals surface area contributed by atoms with Gasteiger partial charge in [0.2, 0.25) is 0 Å². The number of hydrogen-bond acceptors (Lipinski definition) is 3. The zero-order chi connectivity index (χ0) is 44.5. The fourth-order valence-electron chi connectivity index (χ4n) is 9.75. The van der Waals surface area contributed by atoms with Gasteiger partial charge in [-0.3, -0.25) is 0 Å². The lowest BCUT2D eigenvalue weighted by molar-refractivity contribution is 0.870. The molecule has 1 aliphatic carbocycles. The Balaban J connectivity index is 0.981. The molecule has 0 bridgehead atoms. The van der Waals surface area contributed by atoms with Gasteiger partial charge in [0.05, 0.1) is 11.0 Å². The molecule has 0 N–H and O–H groups in total. The van der Waals surface area contributed by atoms with Crippen LogP contribution in [0.25, 0.3) is 95.1 Å². The second kappa shape index (κ2) is 17.3. The molecule has 4 heteroatoms. The maximum absolute atomic E-state index is 5.29. The van der Waals surface area contributed by atoms with Gasteiger partial charge in [0.1, 0.15) is 0 Å². The first-order valence-electron chi connectivity index (χ1n) is 22.9. The van der Waals surface area contributed by atoms with Crippen LogP contribution in [0.1, 0.15) is 29.0 Å². The Morgan fingerprint density at radius 3 is 1.60 bits per heavy atom. The second-order valence-electron chi connectivity index (χ2n) is 17.2. The van der Waals surface area contributed by atoms with E-state index in [0.717, 1.165) is 51.0 Å². The van der Waals surface area contributed by atoms with Crippen molar-refractivity contribution in [2.45, 2.75) is 12.3 Å². The fourth-order valence-corrected chi connectivity index (χ4v) is 9.75. The van der Waals surface area contributed by atoms with Gasteiger partial charge < -0.3 is 4.57 Å². The van der Waals surface area contributed by atoms with Crippen LogP contribution in [0.5, 0.6) is 0 Å². The second-order valence-corrected chi connectivity index (χ2v) is 17.2. The van der Waals surface area contributed by atoms with Crippen molar-refractivity contribution < 1.29 is 0 Å². The molecule has 1 atom stereocenters. The van der Waals surface area contributed by atoms with E-state index < -0.39 is 0 Å². The summed E-state index contributed by atoms with van der Waals surface area (Å²) in [5.74, 6) is 2.05. The van der Waals surface area contributed by atoms with E-state index in [0.29, 0.717) is 17.5 Å². The van der Waals surface area contributed by atoms with Gasteiger partial charge in [-0.25, -0.2) is 15.0 Å². The summed E-state index contributed by atoms with van der Waals surface area (Å²) in [5, 5.41) is 2.40. The minimum atomic E-state index is 0.154. The van der Waals surface area contributed by atoms with Crippen LogP contribution in [0.4, 0.5) is 0 Å². The predicted molar refractivity (Wildman–Crippen MR) is 278 cm³/mol. The summed E-state index contributed by atoms with van der Waals surface area (Å²) in [6, 6.07) is 83.9. The highest BCUT2D eigenvalue weighted by atomic mass is 15.0. The molecule has 12 rings (SSSR count). The lowest BCUT2D eigenvalue weighted by Gasteiger charge is -2.23. The van der Waals surface area contributed by atoms with E-state index in [2.05, 4.69) is 235 Å². The maximum atomic E-state index is 5.29. The molecule has 67 heavy (non-hydrogen) atoms. The van der Waals surface area contributed by atoms with Crippen molar-refractivity contribution in [2.75, 3.05) is 0 Å². The molecule has 0 saturated carbocycles. The van der Waals surface area contributed by atoms with Crippen LogP contribution >= 0.6 is 0 Å². The van der Waals surface area contributed by atoms with E-state index in [1.54, 1.807) is 0 Å². The number of allylic oxidation sites excluding steroid dienone is 4. The van der Waals surface area contributed by atoms with Crippen molar-refractivity contribution in [3.05, 3.63) is 265 Å². The number of rotatable bonds is 9. The number of fused-ring (bicyclic) bond motifs is 3. The number of aromatic nitrogens is 4. The first-order valence-corrected chi connectivity index (χ1v) is 22.9. The average molecular weight is 857 g/mol. The summed E-state index contributed by atoms with van der Waals surface area (Å²) in [6.07, 6.45) is 5.66. The molecule has 0 fully saturated rings. The molecule has 0 saturated heterocycles. The van der Waals surface area contributed by atoms with Gasteiger partial charge >= 0.3 is 0 Å². The molecule has 1 unspecified atom stereocenters. The molecule has 0 amide bonds. The first kappa shape index (κ1) is 39.8. The van der Waals surface area contributed by atoms with E-state index in [-0.39, 0.29) is 5.92 Å². The Hall–Kier alpha value is -8.73. The molecule has 1 aliphatic rings. The van der Waals surface area contributed by atoms with Crippen LogP contribution in [0.3, 0.4) is 0 Å². The minimum absolute atomic E-state index is 0.154. The Morgan fingerprint density at radius 2 is 0.910 bits per heavy atom. The molecule has 0 aliphatic heterocycles. The van der Waals surface area contributed by atoms with E-state index in [4.69, 9.17) is 15.0 Å². The average Bonchev–Trinajstić information content (AvgIpc) is 3.76. The van der Waals surface area contributed by atoms with Gasteiger partial charge in [-0.15, -0.1) is 0 Å². The van der Waals surface area contributed by atoms with E-state index >= 15 is 0 Å². The number of nitrogens with zero attached hydrogens (tertiary/aromatic N) is 4. The summed E-state index contributed by atoms with van der Waals surface area (Å²) in [7, 11) is 0. The summed E-state index contributed by atoms with van der Waals surface area (Å²) in [6.45, 7) is 0. The molecule has 11 aromatic rings. The van der Waals surface area contributed by atoms with Crippen molar-refractivity contribution in [1.29, 1.82) is 0 Å². The number of hydrogen-bond donors (Lipinski definition) is 0. The zero-order valence-electron chi connectivity index (χ0n) is 36.7. The van der Waals surface area contributed by atoms with Crippen LogP contribution < -0.4 is 0 Å². The van der Waals surface area contributed by atoms with E-state index in [9.17, 15) is 0 Å². The Morgan fingerprint density at radius 1 is 0.373 bits per heavy atom. The molecule has 9 aromatic carbocycles. The zero-order valence-corrected chi connectivity index (χ0v) is 36.7. The highest BCUT2D eigenvalue weighted by Gasteiger charge is 2.22. The number of benzene rings is 9. The highest BCUT2D eigenvalue weighted by molar-refractivity contribution is 6.16. The van der Waals surface area contributed by atoms with Crippen LogP contribution in [0.2, 0.25) is 0 Å². The largest absolute Gasteiger partial charge is 0.309 e. The van der Waals surface area contributed by atoms with E-state index in [1.807, 2.05) is 18.2 Å². The summed E-state index contributed by atoms with van der Waals surface area (Å²) in [4.78, 5) is 15.7. The van der Waals surface area contributed by atoms with Crippen LogP contribution in [0.15, 0.2) is 249 Å². The van der Waals surface area contributed by atoms with Crippen molar-refractivity contribution in [3.63, 3.8) is 0 Å². The maximum Gasteiger partial charge on any atom is 0.164 e. The standard InChI is InChI=1S/C63H44N4/c1-6-19-43(20-7-1)48-35-36-58-57(42-48)60-56(33-18-34-59(60)67(58)55-31-14-5-15-32-55)49-28-17-30-51(38-49)63-65-61(46-25-12-4-13-26-46)64-62(66-63)50-29-16-27-47(37-50)54-40-52(44-21-8-2-9-22-44)39-53(41-54)45-23-10-3-11-24-45/h1-40,42,54H,41H2. The normalized spacial score (nSPS) is 13.6. The molecule has 316 valence electrons. The Kier molecular flexibility index (Phi) is 10.3. The van der Waals surface area contributed by atoms with Crippen molar-refractivity contribution in [2.24, 2.45) is 0 Å². The van der Waals surface area contributed by atoms with Crippen LogP contribution in [-0.4, -0.2) is 19.5 Å². The monoisotopic (exact) mass is 856 g/mol. The summed E-state index contributed by atoms with van der Waals surface area (Å²) >= 11 is 0. The highest BCUT2D eigenvalue weighted by Crippen LogP contribution is 2.42. The van der Waals surface area contributed by atoms with Gasteiger partial charge in [-0.1, -0.05) is 206 Å². The quantitative estimate of drug-likeness (QED) is 0.145. The number of para-hydroxylation sites is 1. The van der Waals surface area contributed by atoms with Crippen LogP contribution in [-0.2, 0) is 0 Å². The van der Waals surface area contributed by atoms with Gasteiger partial charge in [0.25, 0.3) is 0 Å². The topological polar surface area (TPSA) is 43.6 Å². The van der Waals surface area contributed by atoms with Crippen molar-refractivity contribution in [3.8, 4) is 62.1 Å². The smallest absolute Gasteiger partial charge is 0.164 e. The lowest BCUT2D eigenvalue weighted by atomic mass is 9.81. The molecule has 2 heterocycles. The molecular weight excluding hydrogens is 813 g/mol. The predicted octanol–water partition coefficient (Wildman–Crippen LogP) is 16.0. The van der Waals surface area contributed by atoms with Crippen molar-refractivity contribution >= 4 is 33.0 Å². The molecule has 4 nitrogen and oxygen atoms in total. The third kappa shape index (κ3) is 7.75. The fraction of sp³-hybridized carbons (Fsp3) is 0.0317. The van der Waals surface area contributed by atoms with Gasteiger partial charge in [-0.2, -0.15) is 0 Å². The van der Waals surface area contributed by atoms with Gasteiger partial charge in [0, 0.05) is 39.1 Å². The molecular formula is C63H44N4. The summed E-state index contributed by atoms with van der Waals surface area (Å²) in [5.41, 5.74) is 17.1. The minimum Gasteiger partial charge on any atom is -0.309 e. The Labute approximate surface area is 390 Å². The Bertz CT molecular complexity index is 3630. The molecule has 0 radical (unpaired) electrons. The summed E-state index contributed by atoms with van der Waals surface area (Å²) < 4.78 is 2.38. The van der Waals surface area contributed by atoms with Crippen LogP contribution in [0, 0.1) is 0 Å². The third-order valence-corrected chi connectivity index (χ3v) is 13.0. The SMILES string of the molecule is C1=C(c2ccccc2)C=C(c2ccccc2)CC1c1cccc(-c2nc(-c3ccccc3)nc(-c3cccc(-c4cccc5c4c4cc(-c6ccccc6)ccc4n5-c4ccccc4)c3)n2)c1. The molecule has 2 aromatic heterocycles. The van der Waals surface area contributed by atoms with E-state index in [1.165, 1.54) is 49.7 Å². The van der Waals surface area contributed by atoms with Gasteiger partial charge in [0.15, 0.2) is 17.5 Å². The lowest BCUT2D eigenvalue weighted by Crippen LogP contribution is -2.05. The van der Waals surface area contributed by atoms with Crippen molar-refractivity contribution in [1.82, 2.24) is 19.5 Å². The first-order chi connectivity index (χ1) is 33.2. The molecule has 0 spiro atoms.